The number of sulfonamides is 1. The lowest BCUT2D eigenvalue weighted by Crippen LogP contribution is -2.52. The van der Waals surface area contributed by atoms with Gasteiger partial charge in [0.2, 0.25) is 11.8 Å². The first-order valence-electron chi connectivity index (χ1n) is 14.3. The second-order valence-corrected chi connectivity index (χ2v) is 12.8. The number of carbonyl (C=O) groups is 2. The van der Waals surface area contributed by atoms with Crippen LogP contribution in [-0.2, 0) is 26.2 Å². The van der Waals surface area contributed by atoms with Crippen LogP contribution >= 0.6 is 11.6 Å². The van der Waals surface area contributed by atoms with Gasteiger partial charge in [0.25, 0.3) is 10.0 Å². The first-order chi connectivity index (χ1) is 20.1. The van der Waals surface area contributed by atoms with Crippen molar-refractivity contribution in [1.82, 2.24) is 10.2 Å². The summed E-state index contributed by atoms with van der Waals surface area (Å²) in [5, 5.41) is 3.48. The van der Waals surface area contributed by atoms with Crippen LogP contribution in [0.15, 0.2) is 77.7 Å². The fourth-order valence-corrected chi connectivity index (χ4v) is 6.68. The van der Waals surface area contributed by atoms with Gasteiger partial charge < -0.3 is 15.0 Å². The van der Waals surface area contributed by atoms with Crippen LogP contribution < -0.4 is 14.4 Å². The largest absolute Gasteiger partial charge is 0.492 e. The van der Waals surface area contributed by atoms with E-state index in [0.29, 0.717) is 17.4 Å². The molecule has 1 N–H and O–H groups in total. The van der Waals surface area contributed by atoms with Gasteiger partial charge in [-0.05, 0) is 81.1 Å². The van der Waals surface area contributed by atoms with E-state index in [1.807, 2.05) is 31.2 Å². The van der Waals surface area contributed by atoms with Crippen molar-refractivity contribution in [3.63, 3.8) is 0 Å². The van der Waals surface area contributed by atoms with Crippen molar-refractivity contribution in [2.24, 2.45) is 0 Å². The number of aryl methyl sites for hydroxylation is 1. The van der Waals surface area contributed by atoms with Gasteiger partial charge in [-0.25, -0.2) is 8.42 Å². The molecule has 0 saturated heterocycles. The minimum Gasteiger partial charge on any atom is -0.492 e. The van der Waals surface area contributed by atoms with Crippen molar-refractivity contribution in [3.8, 4) is 5.75 Å². The minimum absolute atomic E-state index is 0.0246. The highest BCUT2D eigenvalue weighted by atomic mass is 35.5. The molecule has 1 saturated carbocycles. The summed E-state index contributed by atoms with van der Waals surface area (Å²) >= 11 is 6.04. The van der Waals surface area contributed by atoms with E-state index in [-0.39, 0.29) is 29.1 Å². The van der Waals surface area contributed by atoms with Gasteiger partial charge in [-0.1, -0.05) is 60.8 Å². The number of benzene rings is 3. The lowest BCUT2D eigenvalue weighted by atomic mass is 10.1. The highest BCUT2D eigenvalue weighted by Crippen LogP contribution is 2.33. The lowest BCUT2D eigenvalue weighted by Gasteiger charge is -2.33. The Hall–Kier alpha value is -3.56. The van der Waals surface area contributed by atoms with Crippen molar-refractivity contribution in [2.45, 2.75) is 70.0 Å². The molecule has 1 unspecified atom stereocenters. The number of rotatable bonds is 12. The summed E-state index contributed by atoms with van der Waals surface area (Å²) in [4.78, 5) is 29.0. The molecule has 0 spiro atoms. The number of anilines is 1. The van der Waals surface area contributed by atoms with Crippen LogP contribution in [0.25, 0.3) is 0 Å². The molecule has 1 fully saturated rings. The average molecular weight is 612 g/mol. The van der Waals surface area contributed by atoms with E-state index in [2.05, 4.69) is 5.32 Å². The molecule has 0 radical (unpaired) electrons. The molecule has 3 aromatic carbocycles. The molecule has 2 amide bonds. The molecule has 4 rings (SSSR count). The lowest BCUT2D eigenvalue weighted by molar-refractivity contribution is -0.139. The van der Waals surface area contributed by atoms with Crippen molar-refractivity contribution < 1.29 is 22.7 Å². The molecule has 0 bridgehead atoms. The molecular weight excluding hydrogens is 574 g/mol. The maximum Gasteiger partial charge on any atom is 0.264 e. The molecule has 42 heavy (non-hydrogen) atoms. The zero-order chi connectivity index (χ0) is 30.3. The maximum atomic E-state index is 14.2. The van der Waals surface area contributed by atoms with Crippen molar-refractivity contribution >= 4 is 39.1 Å². The highest BCUT2D eigenvalue weighted by molar-refractivity contribution is 7.92. The third-order valence-electron chi connectivity index (χ3n) is 7.59. The topological polar surface area (TPSA) is 96.0 Å². The molecule has 1 aliphatic rings. The van der Waals surface area contributed by atoms with Gasteiger partial charge in [-0.2, -0.15) is 0 Å². The zero-order valence-corrected chi connectivity index (χ0v) is 25.8. The number of nitrogens with one attached hydrogen (secondary N) is 1. The summed E-state index contributed by atoms with van der Waals surface area (Å²) in [5.41, 5.74) is 2.06. The second kappa shape index (κ2) is 14.1. The number of amides is 2. The Kier molecular flexibility index (Phi) is 10.5. The van der Waals surface area contributed by atoms with E-state index in [1.165, 1.54) is 29.2 Å². The SMILES string of the molecule is CCOc1ccccc1N(CC(=O)N(Cc1ccccc1C)C(C)C(=O)NC1CCCC1)S(=O)(=O)c1ccc(Cl)cc1. The van der Waals surface area contributed by atoms with Crippen LogP contribution in [0, 0.1) is 6.92 Å². The van der Waals surface area contributed by atoms with Crippen LogP contribution in [-0.4, -0.2) is 50.4 Å². The van der Waals surface area contributed by atoms with Crippen LogP contribution in [0.2, 0.25) is 5.02 Å². The van der Waals surface area contributed by atoms with Crippen LogP contribution in [0.3, 0.4) is 0 Å². The molecule has 0 heterocycles. The van der Waals surface area contributed by atoms with E-state index < -0.39 is 28.5 Å². The normalized spacial score (nSPS) is 14.3. The predicted molar refractivity (Wildman–Crippen MR) is 165 cm³/mol. The smallest absolute Gasteiger partial charge is 0.264 e. The predicted octanol–water partition coefficient (Wildman–Crippen LogP) is 5.72. The van der Waals surface area contributed by atoms with Gasteiger partial charge in [-0.15, -0.1) is 0 Å². The first kappa shape index (κ1) is 31.4. The minimum atomic E-state index is -4.24. The summed E-state index contributed by atoms with van der Waals surface area (Å²) < 4.78 is 35.0. The molecule has 3 aromatic rings. The van der Waals surface area contributed by atoms with E-state index in [9.17, 15) is 18.0 Å². The number of hydrogen-bond donors (Lipinski definition) is 1. The average Bonchev–Trinajstić information content (AvgIpc) is 3.49. The van der Waals surface area contributed by atoms with E-state index in [0.717, 1.165) is 41.1 Å². The van der Waals surface area contributed by atoms with Gasteiger partial charge in [0.15, 0.2) is 0 Å². The molecule has 1 atom stereocenters. The Labute approximate surface area is 253 Å². The molecule has 8 nitrogen and oxygen atoms in total. The van der Waals surface area contributed by atoms with Gasteiger partial charge in [0.1, 0.15) is 18.3 Å². The Morgan fingerprint density at radius 2 is 1.64 bits per heavy atom. The summed E-state index contributed by atoms with van der Waals surface area (Å²) in [6, 6.07) is 19.4. The summed E-state index contributed by atoms with van der Waals surface area (Å²) in [6.45, 7) is 5.34. The summed E-state index contributed by atoms with van der Waals surface area (Å²) in [7, 11) is -4.24. The molecule has 0 aromatic heterocycles. The first-order valence-corrected chi connectivity index (χ1v) is 16.1. The number of carbonyl (C=O) groups excluding carboxylic acids is 2. The maximum absolute atomic E-state index is 14.2. The van der Waals surface area contributed by atoms with Crippen molar-refractivity contribution in [3.05, 3.63) is 88.9 Å². The van der Waals surface area contributed by atoms with Crippen LogP contribution in [0.1, 0.15) is 50.7 Å². The fourth-order valence-electron chi connectivity index (χ4n) is 5.13. The van der Waals surface area contributed by atoms with E-state index in [4.69, 9.17) is 16.3 Å². The second-order valence-electron chi connectivity index (χ2n) is 10.5. The molecular formula is C32H38ClN3O5S. The van der Waals surface area contributed by atoms with Crippen molar-refractivity contribution in [2.75, 3.05) is 17.5 Å². The van der Waals surface area contributed by atoms with Crippen LogP contribution in [0.4, 0.5) is 5.69 Å². The number of ether oxygens (including phenoxy) is 1. The highest BCUT2D eigenvalue weighted by Gasteiger charge is 2.34. The zero-order valence-electron chi connectivity index (χ0n) is 24.3. The van der Waals surface area contributed by atoms with Gasteiger partial charge >= 0.3 is 0 Å². The van der Waals surface area contributed by atoms with Crippen LogP contribution in [0.5, 0.6) is 5.75 Å². The number of nitrogens with zero attached hydrogens (tertiary/aromatic N) is 2. The number of para-hydroxylation sites is 2. The fraction of sp³-hybridized carbons (Fsp3) is 0.375. The number of hydrogen-bond acceptors (Lipinski definition) is 5. The Bertz CT molecular complexity index is 1490. The van der Waals surface area contributed by atoms with Crippen molar-refractivity contribution in [1.29, 1.82) is 0 Å². The quantitative estimate of drug-likeness (QED) is 0.283. The Balaban J connectivity index is 1.73. The third kappa shape index (κ3) is 7.44. The third-order valence-corrected chi connectivity index (χ3v) is 9.61. The monoisotopic (exact) mass is 611 g/mol. The Morgan fingerprint density at radius 3 is 2.31 bits per heavy atom. The molecule has 0 aliphatic heterocycles. The standard InChI is InChI=1S/C32H38ClN3O5S/c1-4-41-30-16-10-9-15-29(30)36(42(39,40)28-19-17-26(33)18-20-28)22-31(37)35(21-25-12-6-5-11-23(25)2)24(3)32(38)34-27-13-7-8-14-27/h5-6,9-12,15-20,24,27H,4,7-8,13-14,21-22H2,1-3H3,(H,34,38). The molecule has 224 valence electrons. The summed E-state index contributed by atoms with van der Waals surface area (Å²) in [5.74, 6) is -0.454. The molecule has 10 heteroatoms. The van der Waals surface area contributed by atoms with Gasteiger partial charge in [0.05, 0.1) is 17.2 Å². The molecule has 1 aliphatic carbocycles. The number of halogens is 1. The summed E-state index contributed by atoms with van der Waals surface area (Å²) in [6.07, 6.45) is 3.93. The Morgan fingerprint density at radius 1 is 1.00 bits per heavy atom. The van der Waals surface area contributed by atoms with E-state index in [1.54, 1.807) is 38.1 Å². The van der Waals surface area contributed by atoms with Gasteiger partial charge in [-0.3, -0.25) is 13.9 Å². The van der Waals surface area contributed by atoms with Gasteiger partial charge in [0, 0.05) is 17.6 Å². The van der Waals surface area contributed by atoms with E-state index >= 15 is 0 Å².